The van der Waals surface area contributed by atoms with Crippen molar-refractivity contribution in [3.05, 3.63) is 47.0 Å². The van der Waals surface area contributed by atoms with E-state index >= 15 is 0 Å². The Morgan fingerprint density at radius 3 is 2.93 bits per heavy atom. The molecule has 6 heteroatoms. The molecule has 1 fully saturated rings. The number of carbonyl (C=O) groups is 1. The van der Waals surface area contributed by atoms with Crippen molar-refractivity contribution in [2.45, 2.75) is 58.4 Å². The van der Waals surface area contributed by atoms with Gasteiger partial charge in [0.1, 0.15) is 0 Å². The van der Waals surface area contributed by atoms with Gasteiger partial charge in [-0.25, -0.2) is 0 Å². The van der Waals surface area contributed by atoms with Crippen LogP contribution in [0.25, 0.3) is 0 Å². The number of aromatic nitrogens is 3. The molecular formula is C23H32N4O2. The minimum atomic E-state index is 0.0930. The fraction of sp³-hybridized carbons (Fsp3) is 0.609. The maximum absolute atomic E-state index is 13.2. The van der Waals surface area contributed by atoms with Crippen molar-refractivity contribution in [1.29, 1.82) is 0 Å². The number of ether oxygens (including phenoxy) is 1. The second-order valence-electron chi connectivity index (χ2n) is 8.26. The van der Waals surface area contributed by atoms with Gasteiger partial charge in [-0.15, -0.1) is 0 Å². The van der Waals surface area contributed by atoms with Crippen LogP contribution in [0.2, 0.25) is 0 Å². The van der Waals surface area contributed by atoms with Gasteiger partial charge >= 0.3 is 0 Å². The van der Waals surface area contributed by atoms with E-state index < -0.39 is 0 Å². The first-order valence-electron chi connectivity index (χ1n) is 11.1. The Bertz CT molecular complexity index is 812. The highest BCUT2D eigenvalue weighted by atomic mass is 16.5. The molecular weight excluding hydrogens is 364 g/mol. The third-order valence-corrected chi connectivity index (χ3v) is 6.19. The molecule has 0 N–H and O–H groups in total. The summed E-state index contributed by atoms with van der Waals surface area (Å²) < 4.78 is 7.52. The second-order valence-corrected chi connectivity index (χ2v) is 8.26. The number of pyridine rings is 1. The van der Waals surface area contributed by atoms with Crippen LogP contribution >= 0.6 is 0 Å². The summed E-state index contributed by atoms with van der Waals surface area (Å²) >= 11 is 0. The molecule has 1 saturated heterocycles. The highest BCUT2D eigenvalue weighted by Gasteiger charge is 2.31. The van der Waals surface area contributed by atoms with Crippen LogP contribution in [-0.2, 0) is 30.5 Å². The summed E-state index contributed by atoms with van der Waals surface area (Å²) in [6, 6.07) is 4.16. The number of fused-ring (bicyclic) bond motifs is 1. The second kappa shape index (κ2) is 9.53. The Hall–Kier alpha value is -2.21. The SMILES string of the molecule is CCCn1nc(C(=O)N2CCOCC2)c2c1CCC(CCCc1cccnc1)C2. The number of carbonyl (C=O) groups excluding carboxylic acids is 1. The fourth-order valence-electron chi connectivity index (χ4n) is 4.63. The third-order valence-electron chi connectivity index (χ3n) is 6.19. The number of aryl methyl sites for hydroxylation is 2. The zero-order valence-corrected chi connectivity index (χ0v) is 17.5. The quantitative estimate of drug-likeness (QED) is 0.721. The van der Waals surface area contributed by atoms with Gasteiger partial charge in [-0.3, -0.25) is 14.5 Å². The van der Waals surface area contributed by atoms with Gasteiger partial charge in [0, 0.05) is 43.3 Å². The molecule has 0 radical (unpaired) electrons. The summed E-state index contributed by atoms with van der Waals surface area (Å²) in [5.74, 6) is 0.727. The summed E-state index contributed by atoms with van der Waals surface area (Å²) in [7, 11) is 0. The Kier molecular flexibility index (Phi) is 6.60. The smallest absolute Gasteiger partial charge is 0.274 e. The zero-order chi connectivity index (χ0) is 20.1. The minimum absolute atomic E-state index is 0.0930. The van der Waals surface area contributed by atoms with Crippen molar-refractivity contribution in [2.24, 2.45) is 5.92 Å². The Morgan fingerprint density at radius 1 is 1.31 bits per heavy atom. The number of hydrogen-bond donors (Lipinski definition) is 0. The van der Waals surface area contributed by atoms with Gasteiger partial charge in [-0.05, 0) is 62.5 Å². The van der Waals surface area contributed by atoms with Crippen LogP contribution in [-0.4, -0.2) is 51.9 Å². The lowest BCUT2D eigenvalue weighted by Crippen LogP contribution is -2.41. The van der Waals surface area contributed by atoms with E-state index in [1.807, 2.05) is 23.4 Å². The number of morpholine rings is 1. The van der Waals surface area contributed by atoms with E-state index in [-0.39, 0.29) is 5.91 Å². The Balaban J connectivity index is 1.45. The number of hydrogen-bond acceptors (Lipinski definition) is 4. The van der Waals surface area contributed by atoms with Gasteiger partial charge in [-0.1, -0.05) is 13.0 Å². The van der Waals surface area contributed by atoms with E-state index in [0.717, 1.165) is 32.2 Å². The molecule has 6 nitrogen and oxygen atoms in total. The number of rotatable bonds is 7. The molecule has 0 spiro atoms. The molecule has 1 atom stereocenters. The summed E-state index contributed by atoms with van der Waals surface area (Å²) in [5.41, 5.74) is 4.52. The first-order chi connectivity index (χ1) is 14.3. The Morgan fingerprint density at radius 2 is 2.17 bits per heavy atom. The van der Waals surface area contributed by atoms with E-state index in [2.05, 4.69) is 22.7 Å². The van der Waals surface area contributed by atoms with Crippen LogP contribution in [0.5, 0.6) is 0 Å². The molecule has 156 valence electrons. The monoisotopic (exact) mass is 396 g/mol. The van der Waals surface area contributed by atoms with Crippen LogP contribution in [0.4, 0.5) is 0 Å². The van der Waals surface area contributed by atoms with Gasteiger partial charge in [0.15, 0.2) is 5.69 Å². The van der Waals surface area contributed by atoms with Crippen LogP contribution < -0.4 is 0 Å². The van der Waals surface area contributed by atoms with E-state index in [4.69, 9.17) is 9.84 Å². The normalized spacial score (nSPS) is 19.2. The summed E-state index contributed by atoms with van der Waals surface area (Å²) in [5, 5.41) is 4.80. The van der Waals surface area contributed by atoms with Gasteiger partial charge in [0.25, 0.3) is 5.91 Å². The molecule has 1 amide bonds. The maximum Gasteiger partial charge on any atom is 0.274 e. The molecule has 1 aliphatic heterocycles. The molecule has 1 aliphatic carbocycles. The number of nitrogens with zero attached hydrogens (tertiary/aromatic N) is 4. The van der Waals surface area contributed by atoms with Crippen molar-refractivity contribution in [1.82, 2.24) is 19.7 Å². The maximum atomic E-state index is 13.2. The van der Waals surface area contributed by atoms with Crippen molar-refractivity contribution in [2.75, 3.05) is 26.3 Å². The summed E-state index contributed by atoms with van der Waals surface area (Å²) in [4.78, 5) is 19.3. The summed E-state index contributed by atoms with van der Waals surface area (Å²) in [6.45, 7) is 5.65. The van der Waals surface area contributed by atoms with E-state index in [1.54, 1.807) is 0 Å². The summed E-state index contributed by atoms with van der Waals surface area (Å²) in [6.07, 6.45) is 11.5. The fourth-order valence-corrected chi connectivity index (χ4v) is 4.63. The lowest BCUT2D eigenvalue weighted by molar-refractivity contribution is 0.0297. The largest absolute Gasteiger partial charge is 0.378 e. The van der Waals surface area contributed by atoms with E-state index in [1.165, 1.54) is 36.1 Å². The van der Waals surface area contributed by atoms with Crippen LogP contribution in [0.1, 0.15) is 59.9 Å². The van der Waals surface area contributed by atoms with Gasteiger partial charge in [0.05, 0.1) is 13.2 Å². The minimum Gasteiger partial charge on any atom is -0.378 e. The van der Waals surface area contributed by atoms with Gasteiger partial charge < -0.3 is 9.64 Å². The van der Waals surface area contributed by atoms with Gasteiger partial charge in [0.2, 0.25) is 0 Å². The van der Waals surface area contributed by atoms with Crippen LogP contribution in [0.3, 0.4) is 0 Å². The van der Waals surface area contributed by atoms with Crippen molar-refractivity contribution >= 4 is 5.91 Å². The molecule has 0 saturated carbocycles. The molecule has 3 heterocycles. The average Bonchev–Trinajstić information content (AvgIpc) is 3.13. The Labute approximate surface area is 173 Å². The van der Waals surface area contributed by atoms with Crippen LogP contribution in [0, 0.1) is 5.92 Å². The van der Waals surface area contributed by atoms with Crippen LogP contribution in [0.15, 0.2) is 24.5 Å². The lowest BCUT2D eigenvalue weighted by atomic mass is 9.83. The molecule has 0 aromatic carbocycles. The molecule has 29 heavy (non-hydrogen) atoms. The van der Waals surface area contributed by atoms with E-state index in [9.17, 15) is 4.79 Å². The average molecular weight is 397 g/mol. The van der Waals surface area contributed by atoms with Gasteiger partial charge in [-0.2, -0.15) is 5.10 Å². The molecule has 1 unspecified atom stereocenters. The topological polar surface area (TPSA) is 60.2 Å². The highest BCUT2D eigenvalue weighted by Crippen LogP contribution is 2.32. The molecule has 2 aliphatic rings. The molecule has 2 aromatic rings. The molecule has 4 rings (SSSR count). The standard InChI is InChI=1S/C23H32N4O2/c1-2-11-27-21-9-8-18(5-3-6-19-7-4-10-24-17-19)16-20(21)22(25-27)23(28)26-12-14-29-15-13-26/h4,7,10,17-18H,2-3,5-6,8-9,11-16H2,1H3. The predicted molar refractivity (Wildman–Crippen MR) is 112 cm³/mol. The highest BCUT2D eigenvalue weighted by molar-refractivity contribution is 5.94. The molecule has 2 aromatic heterocycles. The van der Waals surface area contributed by atoms with Crippen molar-refractivity contribution < 1.29 is 9.53 Å². The van der Waals surface area contributed by atoms with Crippen molar-refractivity contribution in [3.8, 4) is 0 Å². The third kappa shape index (κ3) is 4.69. The first kappa shape index (κ1) is 20.1. The van der Waals surface area contributed by atoms with Crippen molar-refractivity contribution in [3.63, 3.8) is 0 Å². The predicted octanol–water partition coefficient (Wildman–Crippen LogP) is 3.29. The number of amides is 1. The lowest BCUT2D eigenvalue weighted by Gasteiger charge is -2.27. The zero-order valence-electron chi connectivity index (χ0n) is 17.5. The van der Waals surface area contributed by atoms with E-state index in [0.29, 0.717) is 37.9 Å². The molecule has 0 bridgehead atoms. The first-order valence-corrected chi connectivity index (χ1v) is 11.1.